The molecule has 1 fully saturated rings. The smallest absolute Gasteiger partial charge is 0.245 e. The Morgan fingerprint density at radius 1 is 1.50 bits per heavy atom. The van der Waals surface area contributed by atoms with Crippen LogP contribution in [-0.4, -0.2) is 39.4 Å². The molecule has 0 spiro atoms. The lowest BCUT2D eigenvalue weighted by Gasteiger charge is -2.27. The first-order valence-corrected chi connectivity index (χ1v) is 8.35. The van der Waals surface area contributed by atoms with Crippen molar-refractivity contribution in [2.24, 2.45) is 5.92 Å². The summed E-state index contributed by atoms with van der Waals surface area (Å²) < 4.78 is 39.7. The maximum absolute atomic E-state index is 13.8. The SMILES string of the molecule is CN(CC1CCCNC1)S(=O)(=O)c1ccc(Cl)cc1F. The number of sulfonamides is 1. The van der Waals surface area contributed by atoms with Gasteiger partial charge in [-0.05, 0) is 50.0 Å². The van der Waals surface area contributed by atoms with Gasteiger partial charge in [-0.3, -0.25) is 0 Å². The van der Waals surface area contributed by atoms with Crippen LogP contribution in [0.2, 0.25) is 5.02 Å². The van der Waals surface area contributed by atoms with E-state index in [2.05, 4.69) is 5.32 Å². The molecule has 1 saturated heterocycles. The van der Waals surface area contributed by atoms with Gasteiger partial charge in [-0.1, -0.05) is 11.6 Å². The van der Waals surface area contributed by atoms with Crippen LogP contribution < -0.4 is 5.32 Å². The highest BCUT2D eigenvalue weighted by Crippen LogP contribution is 2.23. The Kier molecular flexibility index (Phi) is 5.01. The zero-order valence-electron chi connectivity index (χ0n) is 11.3. The minimum Gasteiger partial charge on any atom is -0.316 e. The molecule has 7 heteroatoms. The quantitative estimate of drug-likeness (QED) is 0.924. The van der Waals surface area contributed by atoms with Gasteiger partial charge < -0.3 is 5.32 Å². The molecule has 1 aromatic carbocycles. The topological polar surface area (TPSA) is 49.4 Å². The molecule has 0 radical (unpaired) electrons. The van der Waals surface area contributed by atoms with Gasteiger partial charge in [-0.25, -0.2) is 17.1 Å². The molecule has 1 unspecified atom stereocenters. The van der Waals surface area contributed by atoms with Gasteiger partial charge in [-0.15, -0.1) is 0 Å². The zero-order valence-corrected chi connectivity index (χ0v) is 12.8. The van der Waals surface area contributed by atoms with E-state index >= 15 is 0 Å². The van der Waals surface area contributed by atoms with Crippen molar-refractivity contribution in [3.05, 3.63) is 29.0 Å². The largest absolute Gasteiger partial charge is 0.316 e. The molecule has 2 rings (SSSR count). The first kappa shape index (κ1) is 15.7. The van der Waals surface area contributed by atoms with Crippen molar-refractivity contribution in [3.8, 4) is 0 Å². The first-order valence-electron chi connectivity index (χ1n) is 6.53. The standard InChI is InChI=1S/C13H18ClFN2O2S/c1-17(9-10-3-2-6-16-8-10)20(18,19)13-5-4-11(14)7-12(13)15/h4-5,7,10,16H,2-3,6,8-9H2,1H3. The first-order chi connectivity index (χ1) is 9.41. The highest BCUT2D eigenvalue weighted by Gasteiger charge is 2.27. The summed E-state index contributed by atoms with van der Waals surface area (Å²) in [6, 6.07) is 3.61. The lowest BCUT2D eigenvalue weighted by Crippen LogP contribution is -2.39. The van der Waals surface area contributed by atoms with E-state index in [9.17, 15) is 12.8 Å². The number of nitrogens with zero attached hydrogens (tertiary/aromatic N) is 1. The lowest BCUT2D eigenvalue weighted by atomic mass is 10.00. The highest BCUT2D eigenvalue weighted by atomic mass is 35.5. The summed E-state index contributed by atoms with van der Waals surface area (Å²) in [4.78, 5) is -0.326. The van der Waals surface area contributed by atoms with Crippen LogP contribution in [0.15, 0.2) is 23.1 Å². The molecule has 1 atom stereocenters. The van der Waals surface area contributed by atoms with Gasteiger partial charge in [0.25, 0.3) is 0 Å². The van der Waals surface area contributed by atoms with Crippen molar-refractivity contribution in [1.29, 1.82) is 0 Å². The van der Waals surface area contributed by atoms with E-state index in [0.717, 1.165) is 32.0 Å². The third kappa shape index (κ3) is 3.49. The second-order valence-electron chi connectivity index (χ2n) is 5.07. The molecule has 0 aromatic heterocycles. The molecular formula is C13H18ClFN2O2S. The van der Waals surface area contributed by atoms with E-state index in [1.807, 2.05) is 0 Å². The molecule has 0 amide bonds. The molecule has 1 aliphatic heterocycles. The number of piperidine rings is 1. The molecule has 0 bridgehead atoms. The van der Waals surface area contributed by atoms with Crippen LogP contribution in [0.3, 0.4) is 0 Å². The summed E-state index contributed by atoms with van der Waals surface area (Å²) in [6.07, 6.45) is 2.02. The molecule has 1 aromatic rings. The van der Waals surface area contributed by atoms with Crippen LogP contribution in [0.1, 0.15) is 12.8 Å². The van der Waals surface area contributed by atoms with Gasteiger partial charge in [0.1, 0.15) is 10.7 Å². The second kappa shape index (κ2) is 6.39. The number of benzene rings is 1. The van der Waals surface area contributed by atoms with Gasteiger partial charge in [0, 0.05) is 18.6 Å². The number of hydrogen-bond acceptors (Lipinski definition) is 3. The van der Waals surface area contributed by atoms with E-state index in [0.29, 0.717) is 6.54 Å². The van der Waals surface area contributed by atoms with Crippen molar-refractivity contribution < 1.29 is 12.8 Å². The molecule has 0 aliphatic carbocycles. The van der Waals surface area contributed by atoms with E-state index in [1.165, 1.54) is 23.5 Å². The van der Waals surface area contributed by atoms with Gasteiger partial charge in [0.05, 0.1) is 0 Å². The van der Waals surface area contributed by atoms with Gasteiger partial charge in [-0.2, -0.15) is 0 Å². The predicted molar refractivity (Wildman–Crippen MR) is 76.8 cm³/mol. The summed E-state index contributed by atoms with van der Waals surface area (Å²) in [6.45, 7) is 2.15. The Bertz CT molecular complexity index is 574. The van der Waals surface area contributed by atoms with Gasteiger partial charge >= 0.3 is 0 Å². The third-order valence-electron chi connectivity index (χ3n) is 3.50. The van der Waals surface area contributed by atoms with Gasteiger partial charge in [0.2, 0.25) is 10.0 Å². The second-order valence-corrected chi connectivity index (χ2v) is 7.52. The maximum Gasteiger partial charge on any atom is 0.245 e. The van der Waals surface area contributed by atoms with Crippen LogP contribution >= 0.6 is 11.6 Å². The fourth-order valence-corrected chi connectivity index (χ4v) is 3.84. The Hall–Kier alpha value is -0.690. The van der Waals surface area contributed by atoms with Crippen molar-refractivity contribution in [3.63, 3.8) is 0 Å². The number of rotatable bonds is 4. The predicted octanol–water partition coefficient (Wildman–Crippen LogP) is 2.10. The Morgan fingerprint density at radius 2 is 2.25 bits per heavy atom. The van der Waals surface area contributed by atoms with Crippen molar-refractivity contribution in [2.75, 3.05) is 26.7 Å². The number of hydrogen-bond donors (Lipinski definition) is 1. The average molecular weight is 321 g/mol. The van der Waals surface area contributed by atoms with E-state index in [1.54, 1.807) is 0 Å². The van der Waals surface area contributed by atoms with E-state index in [4.69, 9.17) is 11.6 Å². The summed E-state index contributed by atoms with van der Waals surface area (Å²) in [5, 5.41) is 3.42. The summed E-state index contributed by atoms with van der Waals surface area (Å²) in [7, 11) is -2.33. The minimum atomic E-state index is -3.81. The molecule has 4 nitrogen and oxygen atoms in total. The monoisotopic (exact) mass is 320 g/mol. The summed E-state index contributed by atoms with van der Waals surface area (Å²) in [5.41, 5.74) is 0. The number of halogens is 2. The Morgan fingerprint density at radius 3 is 2.85 bits per heavy atom. The van der Waals surface area contributed by atoms with Crippen molar-refractivity contribution in [2.45, 2.75) is 17.7 Å². The number of nitrogens with one attached hydrogen (secondary N) is 1. The van der Waals surface area contributed by atoms with E-state index < -0.39 is 15.8 Å². The van der Waals surface area contributed by atoms with Crippen molar-refractivity contribution >= 4 is 21.6 Å². The van der Waals surface area contributed by atoms with E-state index in [-0.39, 0.29) is 15.8 Å². The highest BCUT2D eigenvalue weighted by molar-refractivity contribution is 7.89. The fourth-order valence-electron chi connectivity index (χ4n) is 2.39. The molecule has 1 N–H and O–H groups in total. The third-order valence-corrected chi connectivity index (χ3v) is 5.59. The molecule has 20 heavy (non-hydrogen) atoms. The van der Waals surface area contributed by atoms with Crippen LogP contribution in [0.25, 0.3) is 0 Å². The van der Waals surface area contributed by atoms with Crippen LogP contribution in [0, 0.1) is 11.7 Å². The Labute approximate surface area is 124 Å². The normalized spacial score (nSPS) is 20.3. The molecular weight excluding hydrogens is 303 g/mol. The average Bonchev–Trinajstić information content (AvgIpc) is 2.39. The van der Waals surface area contributed by atoms with Crippen LogP contribution in [0.5, 0.6) is 0 Å². The molecule has 112 valence electrons. The van der Waals surface area contributed by atoms with Crippen LogP contribution in [-0.2, 0) is 10.0 Å². The maximum atomic E-state index is 13.8. The van der Waals surface area contributed by atoms with Gasteiger partial charge in [0.15, 0.2) is 0 Å². The van der Waals surface area contributed by atoms with Crippen LogP contribution in [0.4, 0.5) is 4.39 Å². The van der Waals surface area contributed by atoms with Crippen molar-refractivity contribution in [1.82, 2.24) is 9.62 Å². The summed E-state index contributed by atoms with van der Waals surface area (Å²) >= 11 is 5.65. The Balaban J connectivity index is 2.16. The zero-order chi connectivity index (χ0) is 14.8. The minimum absolute atomic E-state index is 0.181. The lowest BCUT2D eigenvalue weighted by molar-refractivity contribution is 0.314. The molecule has 1 aliphatic rings. The molecule has 1 heterocycles. The molecule has 0 saturated carbocycles. The summed E-state index contributed by atoms with van der Waals surface area (Å²) in [5.74, 6) is -0.551. The fraction of sp³-hybridized carbons (Fsp3) is 0.538.